The Morgan fingerprint density at radius 2 is 2.17 bits per heavy atom. The molecular formula is C16H20FN3O2S. The van der Waals surface area contributed by atoms with Crippen LogP contribution in [0, 0.1) is 12.7 Å². The Labute approximate surface area is 138 Å². The lowest BCUT2D eigenvalue weighted by Gasteiger charge is -2.03. The Balaban J connectivity index is 1.93. The maximum Gasteiger partial charge on any atom is 0.240 e. The van der Waals surface area contributed by atoms with Gasteiger partial charge in [-0.1, -0.05) is 18.2 Å². The van der Waals surface area contributed by atoms with E-state index in [-0.39, 0.29) is 18.3 Å². The molecule has 0 aliphatic carbocycles. The molecule has 0 saturated carbocycles. The Hall–Kier alpha value is -1.83. The van der Waals surface area contributed by atoms with Crippen molar-refractivity contribution >= 4 is 22.4 Å². The van der Waals surface area contributed by atoms with Gasteiger partial charge in [0.05, 0.1) is 18.8 Å². The van der Waals surface area contributed by atoms with Crippen molar-refractivity contribution in [3.05, 3.63) is 46.2 Å². The van der Waals surface area contributed by atoms with Gasteiger partial charge in [0, 0.05) is 25.0 Å². The monoisotopic (exact) mass is 337 g/mol. The molecule has 5 nitrogen and oxygen atoms in total. The number of amides is 1. The second-order valence-electron chi connectivity index (χ2n) is 5.01. The first-order chi connectivity index (χ1) is 11.1. The second kappa shape index (κ2) is 8.71. The summed E-state index contributed by atoms with van der Waals surface area (Å²) in [6.45, 7) is 3.22. The summed E-state index contributed by atoms with van der Waals surface area (Å²) in [5.41, 5.74) is 1.43. The number of nitrogens with zero attached hydrogens (tertiary/aromatic N) is 1. The Morgan fingerprint density at radius 3 is 2.91 bits per heavy atom. The summed E-state index contributed by atoms with van der Waals surface area (Å²) in [7, 11) is 1.61. The molecule has 0 atom stereocenters. The van der Waals surface area contributed by atoms with Gasteiger partial charge in [0.25, 0.3) is 0 Å². The molecule has 0 spiro atoms. The van der Waals surface area contributed by atoms with E-state index in [4.69, 9.17) is 4.74 Å². The van der Waals surface area contributed by atoms with Crippen LogP contribution in [0.2, 0.25) is 0 Å². The van der Waals surface area contributed by atoms with Gasteiger partial charge < -0.3 is 15.4 Å². The number of aryl methyl sites for hydroxylation is 1. The number of hydrogen-bond donors (Lipinski definition) is 2. The average Bonchev–Trinajstić information content (AvgIpc) is 2.85. The van der Waals surface area contributed by atoms with Gasteiger partial charge in [-0.25, -0.2) is 9.37 Å². The molecule has 1 heterocycles. The largest absolute Gasteiger partial charge is 0.383 e. The number of halogens is 1. The number of aromatic nitrogens is 1. The fourth-order valence-corrected chi connectivity index (χ4v) is 3.00. The van der Waals surface area contributed by atoms with Crippen molar-refractivity contribution in [1.82, 2.24) is 10.3 Å². The molecule has 1 aromatic heterocycles. The number of methoxy groups -OCH3 is 1. The van der Waals surface area contributed by atoms with Crippen molar-refractivity contribution < 1.29 is 13.9 Å². The van der Waals surface area contributed by atoms with E-state index in [0.29, 0.717) is 30.3 Å². The lowest BCUT2D eigenvalue weighted by molar-refractivity contribution is -0.115. The predicted octanol–water partition coefficient (Wildman–Crippen LogP) is 2.36. The van der Waals surface area contributed by atoms with Crippen LogP contribution in [-0.4, -0.2) is 37.7 Å². The zero-order chi connectivity index (χ0) is 16.7. The first-order valence-electron chi connectivity index (χ1n) is 7.29. The normalized spacial score (nSPS) is 10.7. The van der Waals surface area contributed by atoms with Crippen molar-refractivity contribution in [3.63, 3.8) is 0 Å². The molecule has 1 amide bonds. The van der Waals surface area contributed by atoms with Crippen LogP contribution >= 0.6 is 11.3 Å². The van der Waals surface area contributed by atoms with Gasteiger partial charge in [0.2, 0.25) is 5.91 Å². The number of rotatable bonds is 8. The van der Waals surface area contributed by atoms with Gasteiger partial charge in [-0.3, -0.25) is 4.79 Å². The fourth-order valence-electron chi connectivity index (χ4n) is 2.00. The van der Waals surface area contributed by atoms with Gasteiger partial charge in [0.15, 0.2) is 5.13 Å². The van der Waals surface area contributed by atoms with Crippen molar-refractivity contribution in [2.45, 2.75) is 13.3 Å². The van der Waals surface area contributed by atoms with Crippen molar-refractivity contribution in [3.8, 4) is 0 Å². The molecule has 2 aromatic rings. The van der Waals surface area contributed by atoms with Crippen molar-refractivity contribution in [2.75, 3.05) is 32.1 Å². The number of benzene rings is 1. The van der Waals surface area contributed by atoms with E-state index in [1.165, 1.54) is 17.4 Å². The zero-order valence-electron chi connectivity index (χ0n) is 13.2. The topological polar surface area (TPSA) is 63.2 Å². The molecular weight excluding hydrogens is 317 g/mol. The Morgan fingerprint density at radius 1 is 1.39 bits per heavy atom. The molecule has 7 heteroatoms. The van der Waals surface area contributed by atoms with Crippen LogP contribution in [0.1, 0.15) is 16.1 Å². The number of carbonyl (C=O) groups excluding carboxylic acids is 1. The van der Waals surface area contributed by atoms with Crippen LogP contribution in [0.3, 0.4) is 0 Å². The molecule has 23 heavy (non-hydrogen) atoms. The minimum absolute atomic E-state index is 0.160. The SMILES string of the molecule is COCCNCC(=O)Nc1nc(C)c(Cc2ccccc2F)s1. The smallest absolute Gasteiger partial charge is 0.240 e. The molecule has 0 unspecified atom stereocenters. The molecule has 0 aliphatic rings. The highest BCUT2D eigenvalue weighted by Gasteiger charge is 2.12. The van der Waals surface area contributed by atoms with Crippen LogP contribution in [0.25, 0.3) is 0 Å². The van der Waals surface area contributed by atoms with Gasteiger partial charge in [-0.05, 0) is 18.6 Å². The molecule has 0 radical (unpaired) electrons. The molecule has 0 bridgehead atoms. The maximum absolute atomic E-state index is 13.7. The molecule has 124 valence electrons. The van der Waals surface area contributed by atoms with Crippen LogP contribution in [-0.2, 0) is 16.0 Å². The van der Waals surface area contributed by atoms with Gasteiger partial charge in [0.1, 0.15) is 5.82 Å². The van der Waals surface area contributed by atoms with Crippen LogP contribution < -0.4 is 10.6 Å². The van der Waals surface area contributed by atoms with Gasteiger partial charge in [-0.15, -0.1) is 11.3 Å². The average molecular weight is 337 g/mol. The third kappa shape index (κ3) is 5.38. The molecule has 2 rings (SSSR count). The van der Waals surface area contributed by atoms with E-state index in [0.717, 1.165) is 10.6 Å². The lowest BCUT2D eigenvalue weighted by Crippen LogP contribution is -2.30. The molecule has 0 fully saturated rings. The summed E-state index contributed by atoms with van der Waals surface area (Å²) in [5.74, 6) is -0.388. The highest BCUT2D eigenvalue weighted by molar-refractivity contribution is 7.15. The third-order valence-corrected chi connectivity index (χ3v) is 4.29. The van der Waals surface area contributed by atoms with Gasteiger partial charge >= 0.3 is 0 Å². The summed E-state index contributed by atoms with van der Waals surface area (Å²) in [4.78, 5) is 17.1. The third-order valence-electron chi connectivity index (χ3n) is 3.22. The number of carbonyl (C=O) groups is 1. The van der Waals surface area contributed by atoms with E-state index in [1.807, 2.05) is 13.0 Å². The highest BCUT2D eigenvalue weighted by atomic mass is 32.1. The first kappa shape index (κ1) is 17.5. The summed E-state index contributed by atoms with van der Waals surface area (Å²) in [6.07, 6.45) is 0.470. The van der Waals surface area contributed by atoms with E-state index in [9.17, 15) is 9.18 Å². The minimum Gasteiger partial charge on any atom is -0.383 e. The molecule has 0 aliphatic heterocycles. The summed E-state index contributed by atoms with van der Waals surface area (Å²) < 4.78 is 18.6. The summed E-state index contributed by atoms with van der Waals surface area (Å²) in [5, 5.41) is 6.25. The molecule has 1 aromatic carbocycles. The van der Waals surface area contributed by atoms with Crippen LogP contribution in [0.5, 0.6) is 0 Å². The van der Waals surface area contributed by atoms with Crippen LogP contribution in [0.4, 0.5) is 9.52 Å². The maximum atomic E-state index is 13.7. The standard InChI is InChI=1S/C16H20FN3O2S/c1-11-14(9-12-5-3-4-6-13(12)17)23-16(19-11)20-15(21)10-18-7-8-22-2/h3-6,18H,7-10H2,1-2H3,(H,19,20,21). The van der Waals surface area contributed by atoms with Crippen molar-refractivity contribution in [1.29, 1.82) is 0 Å². The van der Waals surface area contributed by atoms with E-state index < -0.39 is 0 Å². The summed E-state index contributed by atoms with van der Waals surface area (Å²) in [6, 6.07) is 6.68. The molecule has 2 N–H and O–H groups in total. The number of thiazole rings is 1. The van der Waals surface area contributed by atoms with E-state index in [2.05, 4.69) is 15.6 Å². The fraction of sp³-hybridized carbons (Fsp3) is 0.375. The Kier molecular flexibility index (Phi) is 6.64. The number of hydrogen-bond acceptors (Lipinski definition) is 5. The quantitative estimate of drug-likeness (QED) is 0.726. The van der Waals surface area contributed by atoms with E-state index in [1.54, 1.807) is 19.2 Å². The number of nitrogens with one attached hydrogen (secondary N) is 2. The number of ether oxygens (including phenoxy) is 1. The first-order valence-corrected chi connectivity index (χ1v) is 8.11. The van der Waals surface area contributed by atoms with Crippen LogP contribution in [0.15, 0.2) is 24.3 Å². The predicted molar refractivity (Wildman–Crippen MR) is 89.4 cm³/mol. The zero-order valence-corrected chi connectivity index (χ0v) is 14.0. The van der Waals surface area contributed by atoms with Gasteiger partial charge in [-0.2, -0.15) is 0 Å². The van der Waals surface area contributed by atoms with Crippen molar-refractivity contribution in [2.24, 2.45) is 0 Å². The Bertz CT molecular complexity index is 661. The molecule has 0 saturated heterocycles. The minimum atomic E-state index is -0.228. The number of anilines is 1. The second-order valence-corrected chi connectivity index (χ2v) is 6.10. The van der Waals surface area contributed by atoms with E-state index >= 15 is 0 Å². The highest BCUT2D eigenvalue weighted by Crippen LogP contribution is 2.25. The summed E-state index contributed by atoms with van der Waals surface area (Å²) >= 11 is 1.37. The lowest BCUT2D eigenvalue weighted by atomic mass is 10.1.